The highest BCUT2D eigenvalue weighted by Gasteiger charge is 2.22. The molecule has 4 heteroatoms. The summed E-state index contributed by atoms with van der Waals surface area (Å²) in [6, 6.07) is 8.00. The Balaban J connectivity index is 2.18. The SMILES string of the molecule is N#Cc1c(Cl)cccc1NC1CCCCC1N. The van der Waals surface area contributed by atoms with Crippen LogP contribution >= 0.6 is 11.6 Å². The van der Waals surface area contributed by atoms with Gasteiger partial charge < -0.3 is 11.1 Å². The minimum atomic E-state index is 0.161. The summed E-state index contributed by atoms with van der Waals surface area (Å²) in [5.74, 6) is 0. The summed E-state index contributed by atoms with van der Waals surface area (Å²) >= 11 is 5.99. The fourth-order valence-corrected chi connectivity index (χ4v) is 2.51. The Morgan fingerprint density at radius 1 is 1.35 bits per heavy atom. The van der Waals surface area contributed by atoms with Crippen molar-refractivity contribution in [1.82, 2.24) is 0 Å². The van der Waals surface area contributed by atoms with E-state index in [1.807, 2.05) is 12.1 Å². The molecule has 0 amide bonds. The van der Waals surface area contributed by atoms with Crippen molar-refractivity contribution >= 4 is 17.3 Å². The number of rotatable bonds is 2. The molecule has 1 aromatic carbocycles. The van der Waals surface area contributed by atoms with Gasteiger partial charge in [-0.3, -0.25) is 0 Å². The maximum atomic E-state index is 9.09. The summed E-state index contributed by atoms with van der Waals surface area (Å²) in [6.07, 6.45) is 4.48. The number of nitrogens with two attached hydrogens (primary N) is 1. The van der Waals surface area contributed by atoms with Crippen molar-refractivity contribution in [3.8, 4) is 6.07 Å². The lowest BCUT2D eigenvalue weighted by Crippen LogP contribution is -2.42. The van der Waals surface area contributed by atoms with Gasteiger partial charge in [0, 0.05) is 12.1 Å². The summed E-state index contributed by atoms with van der Waals surface area (Å²) in [5.41, 5.74) is 7.38. The Hall–Kier alpha value is -1.24. The Morgan fingerprint density at radius 2 is 2.12 bits per heavy atom. The Bertz CT molecular complexity index is 439. The molecule has 17 heavy (non-hydrogen) atoms. The third-order valence-electron chi connectivity index (χ3n) is 3.29. The summed E-state index contributed by atoms with van der Waals surface area (Å²) in [6.45, 7) is 0. The standard InChI is InChI=1S/C13H16ClN3/c14-10-4-3-7-12(9(10)8-15)17-13-6-2-1-5-11(13)16/h3-4,7,11,13,17H,1-2,5-6,16H2. The molecule has 2 unspecified atom stereocenters. The predicted molar refractivity (Wildman–Crippen MR) is 70.0 cm³/mol. The van der Waals surface area contributed by atoms with E-state index in [1.165, 1.54) is 12.8 Å². The molecule has 3 N–H and O–H groups in total. The molecule has 1 fully saturated rings. The first-order chi connectivity index (χ1) is 8.22. The highest BCUT2D eigenvalue weighted by atomic mass is 35.5. The molecule has 0 aliphatic heterocycles. The smallest absolute Gasteiger partial charge is 0.103 e. The number of nitrogens with zero attached hydrogens (tertiary/aromatic N) is 1. The van der Waals surface area contributed by atoms with Crippen LogP contribution in [-0.4, -0.2) is 12.1 Å². The van der Waals surface area contributed by atoms with E-state index in [9.17, 15) is 0 Å². The molecule has 90 valence electrons. The van der Waals surface area contributed by atoms with Gasteiger partial charge in [0.25, 0.3) is 0 Å². The van der Waals surface area contributed by atoms with Gasteiger partial charge in [-0.2, -0.15) is 5.26 Å². The van der Waals surface area contributed by atoms with E-state index in [0.717, 1.165) is 18.5 Å². The van der Waals surface area contributed by atoms with Gasteiger partial charge in [-0.25, -0.2) is 0 Å². The minimum Gasteiger partial charge on any atom is -0.380 e. The fraction of sp³-hybridized carbons (Fsp3) is 0.462. The van der Waals surface area contributed by atoms with Gasteiger partial charge in [-0.15, -0.1) is 0 Å². The van der Waals surface area contributed by atoms with Crippen molar-refractivity contribution in [1.29, 1.82) is 5.26 Å². The lowest BCUT2D eigenvalue weighted by Gasteiger charge is -2.30. The number of anilines is 1. The molecule has 1 aliphatic carbocycles. The van der Waals surface area contributed by atoms with Gasteiger partial charge in [0.15, 0.2) is 0 Å². The van der Waals surface area contributed by atoms with Crippen LogP contribution in [0.3, 0.4) is 0 Å². The van der Waals surface area contributed by atoms with Crippen LogP contribution in [0.15, 0.2) is 18.2 Å². The molecular formula is C13H16ClN3. The first kappa shape index (κ1) is 12.2. The minimum absolute atomic E-state index is 0.161. The van der Waals surface area contributed by atoms with E-state index in [4.69, 9.17) is 22.6 Å². The van der Waals surface area contributed by atoms with Crippen LogP contribution in [0.4, 0.5) is 5.69 Å². The van der Waals surface area contributed by atoms with E-state index in [-0.39, 0.29) is 12.1 Å². The summed E-state index contributed by atoms with van der Waals surface area (Å²) in [5, 5.41) is 12.9. The molecule has 0 heterocycles. The first-order valence-corrected chi connectivity index (χ1v) is 6.31. The van der Waals surface area contributed by atoms with Crippen molar-refractivity contribution in [2.75, 3.05) is 5.32 Å². The molecule has 2 atom stereocenters. The number of hydrogen-bond donors (Lipinski definition) is 2. The molecule has 1 aliphatic rings. The second-order valence-electron chi connectivity index (χ2n) is 4.47. The van der Waals surface area contributed by atoms with E-state index < -0.39 is 0 Å². The summed E-state index contributed by atoms with van der Waals surface area (Å²) in [4.78, 5) is 0. The second kappa shape index (κ2) is 5.39. The van der Waals surface area contributed by atoms with Crippen molar-refractivity contribution in [2.24, 2.45) is 5.73 Å². The number of hydrogen-bond acceptors (Lipinski definition) is 3. The monoisotopic (exact) mass is 249 g/mol. The lowest BCUT2D eigenvalue weighted by atomic mass is 9.90. The molecule has 1 aromatic rings. The largest absolute Gasteiger partial charge is 0.380 e. The third kappa shape index (κ3) is 2.71. The average Bonchev–Trinajstić information content (AvgIpc) is 2.32. The quantitative estimate of drug-likeness (QED) is 0.847. The first-order valence-electron chi connectivity index (χ1n) is 5.93. The Morgan fingerprint density at radius 3 is 2.82 bits per heavy atom. The highest BCUT2D eigenvalue weighted by molar-refractivity contribution is 6.32. The van der Waals surface area contributed by atoms with Gasteiger partial charge in [-0.1, -0.05) is 30.5 Å². The van der Waals surface area contributed by atoms with Crippen molar-refractivity contribution < 1.29 is 0 Å². The van der Waals surface area contributed by atoms with Crippen molar-refractivity contribution in [3.63, 3.8) is 0 Å². The van der Waals surface area contributed by atoms with Gasteiger partial charge in [0.05, 0.1) is 16.3 Å². The average molecular weight is 250 g/mol. The number of halogens is 1. The normalized spacial score (nSPS) is 24.1. The third-order valence-corrected chi connectivity index (χ3v) is 3.60. The van der Waals surface area contributed by atoms with E-state index in [2.05, 4.69) is 11.4 Å². The number of nitrogens with one attached hydrogen (secondary N) is 1. The maximum Gasteiger partial charge on any atom is 0.103 e. The number of benzene rings is 1. The van der Waals surface area contributed by atoms with Gasteiger partial charge in [0.1, 0.15) is 6.07 Å². The molecule has 0 spiro atoms. The van der Waals surface area contributed by atoms with Gasteiger partial charge in [0.2, 0.25) is 0 Å². The zero-order chi connectivity index (χ0) is 12.3. The highest BCUT2D eigenvalue weighted by Crippen LogP contribution is 2.27. The predicted octanol–water partition coefficient (Wildman–Crippen LogP) is 2.89. The molecular weight excluding hydrogens is 234 g/mol. The van der Waals surface area contributed by atoms with E-state index in [1.54, 1.807) is 6.07 Å². The van der Waals surface area contributed by atoms with Crippen LogP contribution in [0.2, 0.25) is 5.02 Å². The fourth-order valence-electron chi connectivity index (χ4n) is 2.30. The van der Waals surface area contributed by atoms with Crippen LogP contribution in [0.1, 0.15) is 31.2 Å². The van der Waals surface area contributed by atoms with Crippen LogP contribution in [0.25, 0.3) is 0 Å². The molecule has 0 radical (unpaired) electrons. The van der Waals surface area contributed by atoms with Crippen LogP contribution in [0.5, 0.6) is 0 Å². The second-order valence-corrected chi connectivity index (χ2v) is 4.88. The lowest BCUT2D eigenvalue weighted by molar-refractivity contribution is 0.404. The number of nitriles is 1. The van der Waals surface area contributed by atoms with Crippen LogP contribution in [0, 0.1) is 11.3 Å². The van der Waals surface area contributed by atoms with E-state index >= 15 is 0 Å². The van der Waals surface area contributed by atoms with Crippen molar-refractivity contribution in [2.45, 2.75) is 37.8 Å². The maximum absolute atomic E-state index is 9.09. The molecule has 0 aromatic heterocycles. The zero-order valence-corrected chi connectivity index (χ0v) is 10.4. The van der Waals surface area contributed by atoms with Gasteiger partial charge >= 0.3 is 0 Å². The molecule has 1 saturated carbocycles. The molecule has 0 bridgehead atoms. The Kier molecular flexibility index (Phi) is 3.88. The van der Waals surface area contributed by atoms with Gasteiger partial charge in [-0.05, 0) is 25.0 Å². The summed E-state index contributed by atoms with van der Waals surface area (Å²) < 4.78 is 0. The van der Waals surface area contributed by atoms with Crippen LogP contribution in [-0.2, 0) is 0 Å². The van der Waals surface area contributed by atoms with Crippen molar-refractivity contribution in [3.05, 3.63) is 28.8 Å². The molecule has 0 saturated heterocycles. The zero-order valence-electron chi connectivity index (χ0n) is 9.62. The Labute approximate surface area is 107 Å². The summed E-state index contributed by atoms with van der Waals surface area (Å²) in [7, 11) is 0. The van der Waals surface area contributed by atoms with Crippen LogP contribution < -0.4 is 11.1 Å². The topological polar surface area (TPSA) is 61.8 Å². The molecule has 2 rings (SSSR count). The van der Waals surface area contributed by atoms with E-state index in [0.29, 0.717) is 10.6 Å². The molecule has 3 nitrogen and oxygen atoms in total.